The first-order chi connectivity index (χ1) is 11.9. The molecule has 0 bridgehead atoms. The summed E-state index contributed by atoms with van der Waals surface area (Å²) in [5.41, 5.74) is 0.653. The van der Waals surface area contributed by atoms with Gasteiger partial charge in [0.15, 0.2) is 5.65 Å². The van der Waals surface area contributed by atoms with E-state index in [0.717, 1.165) is 4.52 Å². The van der Waals surface area contributed by atoms with Gasteiger partial charge in [-0.25, -0.2) is 9.18 Å². The Morgan fingerprint density at radius 2 is 2.04 bits per heavy atom. The molecule has 2 N–H and O–H groups in total. The molecule has 8 heteroatoms. The molecule has 0 spiro atoms. The number of H-pyrrole nitrogens is 1. The molecule has 0 aliphatic carbocycles. The summed E-state index contributed by atoms with van der Waals surface area (Å²) in [6.07, 6.45) is 0.0883. The summed E-state index contributed by atoms with van der Waals surface area (Å²) in [6, 6.07) is 5.60. The molecule has 0 aliphatic heterocycles. The average molecular weight is 345 g/mol. The summed E-state index contributed by atoms with van der Waals surface area (Å²) >= 11 is 0. The third kappa shape index (κ3) is 2.98. The summed E-state index contributed by atoms with van der Waals surface area (Å²) in [4.78, 5) is 27.0. The number of rotatable bonds is 4. The van der Waals surface area contributed by atoms with E-state index in [1.54, 1.807) is 13.8 Å². The van der Waals surface area contributed by atoms with Crippen molar-refractivity contribution in [1.29, 1.82) is 0 Å². The maximum absolute atomic E-state index is 13.0. The number of carbonyl (C=O) groups excluding carboxylic acids is 1. The van der Waals surface area contributed by atoms with Crippen molar-refractivity contribution in [2.45, 2.75) is 20.3 Å². The Morgan fingerprint density at radius 3 is 2.68 bits per heavy atom. The third-order valence-electron chi connectivity index (χ3n) is 3.81. The molecule has 0 amide bonds. The van der Waals surface area contributed by atoms with Crippen molar-refractivity contribution < 1.29 is 19.0 Å². The minimum atomic E-state index is -0.628. The molecule has 2 heterocycles. The van der Waals surface area contributed by atoms with Crippen LogP contribution in [0.2, 0.25) is 0 Å². The zero-order valence-corrected chi connectivity index (χ0v) is 13.7. The second kappa shape index (κ2) is 6.39. The summed E-state index contributed by atoms with van der Waals surface area (Å²) in [6.45, 7) is 3.42. The molecule has 3 rings (SSSR count). The summed E-state index contributed by atoms with van der Waals surface area (Å²) in [7, 11) is 0. The Bertz CT molecular complexity index is 1010. The summed E-state index contributed by atoms with van der Waals surface area (Å²) < 4.78 is 19.1. The number of aromatic nitrogens is 3. The maximum Gasteiger partial charge on any atom is 0.343 e. The lowest BCUT2D eigenvalue weighted by molar-refractivity contribution is 0.0527. The van der Waals surface area contributed by atoms with E-state index in [2.05, 4.69) is 10.1 Å². The number of nitrogens with one attached hydrogen (secondary N) is 1. The smallest absolute Gasteiger partial charge is 0.343 e. The fourth-order valence-electron chi connectivity index (χ4n) is 2.62. The van der Waals surface area contributed by atoms with Crippen molar-refractivity contribution >= 4 is 11.6 Å². The Hall–Kier alpha value is -3.16. The second-order valence-electron chi connectivity index (χ2n) is 5.50. The predicted octanol–water partition coefficient (Wildman–Crippen LogP) is 1.94. The first-order valence-electron chi connectivity index (χ1n) is 7.67. The summed E-state index contributed by atoms with van der Waals surface area (Å²) in [5.74, 6) is -1.39. The number of aryl methyl sites for hydroxylation is 1. The minimum absolute atomic E-state index is 0.0667. The van der Waals surface area contributed by atoms with Crippen molar-refractivity contribution in [3.63, 3.8) is 0 Å². The van der Waals surface area contributed by atoms with Crippen molar-refractivity contribution in [3.05, 3.63) is 62.8 Å². The number of aromatic amines is 1. The lowest BCUT2D eigenvalue weighted by Gasteiger charge is -2.06. The number of halogens is 1. The number of aromatic hydroxyl groups is 1. The van der Waals surface area contributed by atoms with Gasteiger partial charge < -0.3 is 14.8 Å². The van der Waals surface area contributed by atoms with E-state index in [-0.39, 0.29) is 41.5 Å². The van der Waals surface area contributed by atoms with Gasteiger partial charge >= 0.3 is 5.97 Å². The zero-order chi connectivity index (χ0) is 18.1. The Morgan fingerprint density at radius 1 is 1.36 bits per heavy atom. The monoisotopic (exact) mass is 345 g/mol. The number of hydrogen-bond acceptors (Lipinski definition) is 5. The molecular formula is C17H16FN3O4. The molecule has 130 valence electrons. The van der Waals surface area contributed by atoms with Gasteiger partial charge in [-0.1, -0.05) is 12.1 Å². The Kier molecular flexibility index (Phi) is 4.26. The van der Waals surface area contributed by atoms with Crippen molar-refractivity contribution in [1.82, 2.24) is 14.6 Å². The second-order valence-corrected chi connectivity index (χ2v) is 5.50. The van der Waals surface area contributed by atoms with Crippen LogP contribution in [-0.2, 0) is 11.2 Å². The molecule has 0 unspecified atom stereocenters. The van der Waals surface area contributed by atoms with Crippen LogP contribution < -0.4 is 5.56 Å². The van der Waals surface area contributed by atoms with Gasteiger partial charge in [0, 0.05) is 6.42 Å². The van der Waals surface area contributed by atoms with E-state index >= 15 is 0 Å². The van der Waals surface area contributed by atoms with Crippen LogP contribution in [0.3, 0.4) is 0 Å². The maximum atomic E-state index is 13.0. The van der Waals surface area contributed by atoms with Crippen molar-refractivity contribution in [3.8, 4) is 5.88 Å². The average Bonchev–Trinajstić information content (AvgIpc) is 2.90. The number of esters is 1. The highest BCUT2D eigenvalue weighted by Crippen LogP contribution is 2.22. The van der Waals surface area contributed by atoms with E-state index < -0.39 is 11.5 Å². The van der Waals surface area contributed by atoms with E-state index in [1.165, 1.54) is 24.3 Å². The molecule has 0 saturated heterocycles. The van der Waals surface area contributed by atoms with Crippen LogP contribution in [0, 0.1) is 12.7 Å². The van der Waals surface area contributed by atoms with Crippen molar-refractivity contribution in [2.24, 2.45) is 0 Å². The molecule has 25 heavy (non-hydrogen) atoms. The van der Waals surface area contributed by atoms with E-state index in [1.807, 2.05) is 0 Å². The quantitative estimate of drug-likeness (QED) is 0.705. The topological polar surface area (TPSA) is 96.7 Å². The van der Waals surface area contributed by atoms with Gasteiger partial charge in [-0.05, 0) is 31.5 Å². The van der Waals surface area contributed by atoms with Gasteiger partial charge in [-0.2, -0.15) is 9.61 Å². The highest BCUT2D eigenvalue weighted by molar-refractivity contribution is 5.97. The highest BCUT2D eigenvalue weighted by Gasteiger charge is 2.23. The fraction of sp³-hybridized carbons (Fsp3) is 0.235. The zero-order valence-electron chi connectivity index (χ0n) is 13.7. The van der Waals surface area contributed by atoms with Gasteiger partial charge in [-0.3, -0.25) is 4.79 Å². The molecule has 3 aromatic rings. The number of fused-ring (bicyclic) bond motifs is 1. The number of benzene rings is 1. The molecule has 7 nitrogen and oxygen atoms in total. The lowest BCUT2D eigenvalue weighted by atomic mass is 10.1. The fourth-order valence-corrected chi connectivity index (χ4v) is 2.62. The minimum Gasteiger partial charge on any atom is -0.493 e. The SMILES string of the molecule is CCOC(=O)c1c(C)nn2c(O)c(Cc3ccc(F)cc3)c(=O)[nH]c12. The number of hydrogen-bond donors (Lipinski definition) is 2. The van der Waals surface area contributed by atoms with Gasteiger partial charge in [-0.15, -0.1) is 0 Å². The van der Waals surface area contributed by atoms with E-state index in [4.69, 9.17) is 4.74 Å². The van der Waals surface area contributed by atoms with Gasteiger partial charge in [0.05, 0.1) is 17.9 Å². The highest BCUT2D eigenvalue weighted by atomic mass is 19.1. The van der Waals surface area contributed by atoms with Crippen LogP contribution in [0.4, 0.5) is 4.39 Å². The molecule has 1 aromatic carbocycles. The number of carbonyl (C=O) groups is 1. The van der Waals surface area contributed by atoms with Crippen LogP contribution in [0.25, 0.3) is 5.65 Å². The molecule has 0 fully saturated rings. The Balaban J connectivity index is 2.12. The van der Waals surface area contributed by atoms with E-state index in [0.29, 0.717) is 11.3 Å². The lowest BCUT2D eigenvalue weighted by Crippen LogP contribution is -2.17. The molecule has 0 aliphatic rings. The predicted molar refractivity (Wildman–Crippen MR) is 87.4 cm³/mol. The van der Waals surface area contributed by atoms with E-state index in [9.17, 15) is 19.1 Å². The Labute approximate surface area is 141 Å². The van der Waals surface area contributed by atoms with Gasteiger partial charge in [0.2, 0.25) is 5.88 Å². The standard InChI is InChI=1S/C17H16FN3O4/c1-3-25-17(24)13-9(2)20-21-14(13)19-15(22)12(16(21)23)8-10-4-6-11(18)7-5-10/h4-7,23H,3,8H2,1-2H3,(H,19,22). The largest absolute Gasteiger partial charge is 0.493 e. The molecule has 0 radical (unpaired) electrons. The molecule has 2 aromatic heterocycles. The van der Waals surface area contributed by atoms with Gasteiger partial charge in [0.25, 0.3) is 5.56 Å². The normalized spacial score (nSPS) is 11.0. The summed E-state index contributed by atoms with van der Waals surface area (Å²) in [5, 5.41) is 14.6. The van der Waals surface area contributed by atoms with Crippen LogP contribution in [0.1, 0.15) is 34.1 Å². The molecular weight excluding hydrogens is 329 g/mol. The van der Waals surface area contributed by atoms with Crippen LogP contribution in [0.15, 0.2) is 29.1 Å². The molecule has 0 saturated carbocycles. The van der Waals surface area contributed by atoms with Crippen LogP contribution in [-0.4, -0.2) is 32.3 Å². The number of ether oxygens (including phenoxy) is 1. The molecule has 0 atom stereocenters. The van der Waals surface area contributed by atoms with Crippen molar-refractivity contribution in [2.75, 3.05) is 6.61 Å². The third-order valence-corrected chi connectivity index (χ3v) is 3.81. The number of nitrogens with zero attached hydrogens (tertiary/aromatic N) is 2. The van der Waals surface area contributed by atoms with Gasteiger partial charge in [0.1, 0.15) is 11.4 Å². The van der Waals surface area contributed by atoms with Crippen LogP contribution >= 0.6 is 0 Å². The van der Waals surface area contributed by atoms with Crippen LogP contribution in [0.5, 0.6) is 5.88 Å². The first kappa shape index (κ1) is 16.7. The first-order valence-corrected chi connectivity index (χ1v) is 7.67.